The van der Waals surface area contributed by atoms with Crippen molar-refractivity contribution in [2.45, 2.75) is 0 Å². The lowest BCUT2D eigenvalue weighted by Gasteiger charge is -2.06. The summed E-state index contributed by atoms with van der Waals surface area (Å²) in [6.45, 7) is 0. The van der Waals surface area contributed by atoms with Gasteiger partial charge in [0.05, 0.1) is 24.8 Å². The quantitative estimate of drug-likeness (QED) is 0.732. The number of aromatic nitrogens is 2. The first-order valence-corrected chi connectivity index (χ1v) is 7.36. The average molecular weight is 368 g/mol. The molecule has 6 heteroatoms. The summed E-state index contributed by atoms with van der Waals surface area (Å²) in [6.07, 6.45) is 0. The normalized spacial score (nSPS) is 10.9. The Morgan fingerprint density at radius 2 is 1.71 bits per heavy atom. The largest absolute Gasteiger partial charge is 0.497 e. The lowest BCUT2D eigenvalue weighted by molar-refractivity contribution is 0.394. The molecule has 1 aromatic heterocycles. The van der Waals surface area contributed by atoms with Crippen LogP contribution in [-0.4, -0.2) is 24.2 Å². The van der Waals surface area contributed by atoms with Crippen LogP contribution in [0, 0.1) is 0 Å². The maximum absolute atomic E-state index is 6.22. The second-order valence-corrected chi connectivity index (χ2v) is 5.79. The van der Waals surface area contributed by atoms with Crippen molar-refractivity contribution in [1.29, 1.82) is 0 Å². The maximum atomic E-state index is 6.22. The summed E-state index contributed by atoms with van der Waals surface area (Å²) in [5, 5.41) is 0.594. The minimum atomic E-state index is 0.594. The third-order valence-corrected chi connectivity index (χ3v) is 3.88. The number of methoxy groups -OCH3 is 2. The fourth-order valence-electron chi connectivity index (χ4n) is 2.12. The Morgan fingerprint density at radius 3 is 2.33 bits per heavy atom. The lowest BCUT2D eigenvalue weighted by atomic mass is 10.2. The first-order chi connectivity index (χ1) is 10.1. The molecule has 21 heavy (non-hydrogen) atoms. The number of hydrogen-bond acceptors (Lipinski definition) is 3. The third kappa shape index (κ3) is 2.71. The predicted octanol–water partition coefficient (Wildman–Crippen LogP) is 4.66. The fourth-order valence-corrected chi connectivity index (χ4v) is 2.97. The van der Waals surface area contributed by atoms with Crippen LogP contribution in [0.2, 0.25) is 5.02 Å². The number of nitrogens with one attached hydrogen (secondary N) is 1. The molecule has 1 heterocycles. The van der Waals surface area contributed by atoms with Gasteiger partial charge in [-0.2, -0.15) is 0 Å². The van der Waals surface area contributed by atoms with Gasteiger partial charge in [0.1, 0.15) is 22.8 Å². The summed E-state index contributed by atoms with van der Waals surface area (Å²) in [4.78, 5) is 7.81. The van der Waals surface area contributed by atoms with E-state index in [2.05, 4.69) is 25.9 Å². The highest BCUT2D eigenvalue weighted by atomic mass is 79.9. The van der Waals surface area contributed by atoms with Crippen LogP contribution in [0.15, 0.2) is 34.8 Å². The van der Waals surface area contributed by atoms with Crippen LogP contribution in [0.3, 0.4) is 0 Å². The van der Waals surface area contributed by atoms with Gasteiger partial charge in [-0.25, -0.2) is 4.98 Å². The molecule has 0 amide bonds. The molecule has 108 valence electrons. The van der Waals surface area contributed by atoms with Crippen molar-refractivity contribution in [1.82, 2.24) is 9.97 Å². The Morgan fingerprint density at radius 1 is 1.05 bits per heavy atom. The van der Waals surface area contributed by atoms with E-state index in [0.29, 0.717) is 22.3 Å². The number of ether oxygens (including phenoxy) is 2. The Bertz CT molecular complexity index is 795. The van der Waals surface area contributed by atoms with E-state index in [-0.39, 0.29) is 0 Å². The summed E-state index contributed by atoms with van der Waals surface area (Å²) >= 11 is 9.64. The van der Waals surface area contributed by atoms with Crippen LogP contribution < -0.4 is 9.47 Å². The smallest absolute Gasteiger partial charge is 0.138 e. The van der Waals surface area contributed by atoms with Crippen LogP contribution in [-0.2, 0) is 0 Å². The summed E-state index contributed by atoms with van der Waals surface area (Å²) in [7, 11) is 3.23. The number of fused-ring (bicyclic) bond motifs is 1. The third-order valence-electron chi connectivity index (χ3n) is 3.13. The Labute approximate surface area is 135 Å². The zero-order valence-electron chi connectivity index (χ0n) is 11.4. The van der Waals surface area contributed by atoms with E-state index in [9.17, 15) is 0 Å². The number of imidazole rings is 1. The zero-order valence-corrected chi connectivity index (χ0v) is 13.7. The molecule has 0 fully saturated rings. The van der Waals surface area contributed by atoms with E-state index in [1.165, 1.54) is 0 Å². The van der Waals surface area contributed by atoms with Crippen LogP contribution in [0.1, 0.15) is 0 Å². The van der Waals surface area contributed by atoms with E-state index >= 15 is 0 Å². The summed E-state index contributed by atoms with van der Waals surface area (Å²) in [5.74, 6) is 2.12. The molecule has 4 nitrogen and oxygen atoms in total. The minimum absolute atomic E-state index is 0.594. The number of benzene rings is 2. The highest BCUT2D eigenvalue weighted by molar-refractivity contribution is 9.10. The number of aromatic amines is 1. The molecule has 0 saturated carbocycles. The van der Waals surface area contributed by atoms with E-state index < -0.39 is 0 Å². The van der Waals surface area contributed by atoms with Crippen molar-refractivity contribution in [2.24, 2.45) is 0 Å². The van der Waals surface area contributed by atoms with Gasteiger partial charge in [-0.05, 0) is 24.3 Å². The number of H-pyrrole nitrogens is 1. The van der Waals surface area contributed by atoms with Crippen molar-refractivity contribution in [3.8, 4) is 22.9 Å². The predicted molar refractivity (Wildman–Crippen MR) is 87.3 cm³/mol. The van der Waals surface area contributed by atoms with Crippen molar-refractivity contribution < 1.29 is 9.47 Å². The first kappa shape index (κ1) is 14.2. The number of nitrogens with zero attached hydrogens (tertiary/aromatic N) is 1. The van der Waals surface area contributed by atoms with Gasteiger partial charge in [-0.3, -0.25) is 0 Å². The van der Waals surface area contributed by atoms with E-state index in [1.807, 2.05) is 30.3 Å². The number of hydrogen-bond donors (Lipinski definition) is 1. The van der Waals surface area contributed by atoms with Crippen molar-refractivity contribution in [2.75, 3.05) is 14.2 Å². The van der Waals surface area contributed by atoms with Gasteiger partial charge in [0.15, 0.2) is 0 Å². The van der Waals surface area contributed by atoms with E-state index in [1.54, 1.807) is 14.2 Å². The van der Waals surface area contributed by atoms with Crippen molar-refractivity contribution in [3.05, 3.63) is 39.8 Å². The van der Waals surface area contributed by atoms with Gasteiger partial charge in [0.2, 0.25) is 0 Å². The molecule has 0 aliphatic rings. The van der Waals surface area contributed by atoms with Gasteiger partial charge in [0.25, 0.3) is 0 Å². The maximum Gasteiger partial charge on any atom is 0.138 e. The van der Waals surface area contributed by atoms with Crippen LogP contribution >= 0.6 is 27.5 Å². The van der Waals surface area contributed by atoms with Gasteiger partial charge >= 0.3 is 0 Å². The lowest BCUT2D eigenvalue weighted by Crippen LogP contribution is -1.89. The number of halogens is 2. The van der Waals surface area contributed by atoms with Crippen LogP contribution in [0.25, 0.3) is 22.4 Å². The van der Waals surface area contributed by atoms with E-state index in [4.69, 9.17) is 21.1 Å². The van der Waals surface area contributed by atoms with Gasteiger partial charge in [-0.1, -0.05) is 27.5 Å². The summed E-state index contributed by atoms with van der Waals surface area (Å²) < 4.78 is 11.5. The minimum Gasteiger partial charge on any atom is -0.497 e. The second-order valence-electron chi connectivity index (χ2n) is 4.47. The molecule has 2 aromatic carbocycles. The molecule has 0 aliphatic heterocycles. The highest BCUT2D eigenvalue weighted by Crippen LogP contribution is 2.32. The zero-order chi connectivity index (χ0) is 15.0. The summed E-state index contributed by atoms with van der Waals surface area (Å²) in [5.41, 5.74) is 2.47. The fraction of sp³-hybridized carbons (Fsp3) is 0.133. The average Bonchev–Trinajstić information content (AvgIpc) is 2.91. The molecular weight excluding hydrogens is 356 g/mol. The van der Waals surface area contributed by atoms with Gasteiger partial charge in [-0.15, -0.1) is 0 Å². The molecule has 0 bridgehead atoms. The SMILES string of the molecule is COc1cc(OC)cc(-c2nc3c(Cl)cc(Br)cc3[nH]2)c1. The Kier molecular flexibility index (Phi) is 3.78. The molecule has 0 atom stereocenters. The monoisotopic (exact) mass is 366 g/mol. The standard InChI is InChI=1S/C15H12BrClN2O2/c1-20-10-3-8(4-11(7-10)21-2)15-18-13-6-9(16)5-12(17)14(13)19-15/h3-7H,1-2H3,(H,18,19). The highest BCUT2D eigenvalue weighted by Gasteiger charge is 2.11. The molecule has 0 unspecified atom stereocenters. The molecule has 0 spiro atoms. The Balaban J connectivity index is 2.18. The summed E-state index contributed by atoms with van der Waals surface area (Å²) in [6, 6.07) is 9.36. The van der Waals surface area contributed by atoms with Gasteiger partial charge < -0.3 is 14.5 Å². The molecule has 1 N–H and O–H groups in total. The molecule has 3 rings (SSSR count). The molecule has 0 aliphatic carbocycles. The van der Waals surface area contributed by atoms with Crippen LogP contribution in [0.5, 0.6) is 11.5 Å². The Hall–Kier alpha value is -1.72. The molecule has 0 saturated heterocycles. The molecule has 0 radical (unpaired) electrons. The second kappa shape index (κ2) is 5.58. The van der Waals surface area contributed by atoms with Crippen molar-refractivity contribution >= 4 is 38.6 Å². The van der Waals surface area contributed by atoms with Gasteiger partial charge in [0, 0.05) is 16.1 Å². The molecule has 3 aromatic rings. The number of rotatable bonds is 3. The van der Waals surface area contributed by atoms with Crippen LogP contribution in [0.4, 0.5) is 0 Å². The first-order valence-electron chi connectivity index (χ1n) is 6.19. The topological polar surface area (TPSA) is 47.1 Å². The van der Waals surface area contributed by atoms with E-state index in [0.717, 1.165) is 21.1 Å². The molecular formula is C15H12BrClN2O2. The van der Waals surface area contributed by atoms with Crippen molar-refractivity contribution in [3.63, 3.8) is 0 Å².